The molecule has 2 rings (SSSR count). The van der Waals surface area contributed by atoms with Crippen LogP contribution in [-0.2, 0) is 9.59 Å². The summed E-state index contributed by atoms with van der Waals surface area (Å²) in [6, 6.07) is 10.7. The Hall–Kier alpha value is -3.22. The number of rotatable bonds is 3. The van der Waals surface area contributed by atoms with E-state index in [2.05, 4.69) is 10.6 Å². The van der Waals surface area contributed by atoms with Crippen molar-refractivity contribution in [1.82, 2.24) is 0 Å². The van der Waals surface area contributed by atoms with Crippen LogP contribution in [-0.4, -0.2) is 16.7 Å². The molecule has 0 aliphatic heterocycles. The van der Waals surface area contributed by atoms with E-state index in [4.69, 9.17) is 0 Å². The number of nitro groups is 1. The predicted molar refractivity (Wildman–Crippen MR) is 86.3 cm³/mol. The molecule has 7 heteroatoms. The number of non-ortho nitro benzene ring substituents is 1. The van der Waals surface area contributed by atoms with Crippen molar-refractivity contribution in [1.29, 1.82) is 0 Å². The van der Waals surface area contributed by atoms with Crippen LogP contribution in [0.4, 0.5) is 17.1 Å². The minimum atomic E-state index is -0.899. The van der Waals surface area contributed by atoms with Crippen LogP contribution in [0.2, 0.25) is 0 Å². The number of nitro benzene ring substituents is 1. The molecule has 0 unspecified atom stereocenters. The number of carbonyl (C=O) groups is 2. The van der Waals surface area contributed by atoms with Gasteiger partial charge in [-0.3, -0.25) is 19.7 Å². The molecule has 0 aliphatic carbocycles. The highest BCUT2D eigenvalue weighted by molar-refractivity contribution is 6.43. The summed E-state index contributed by atoms with van der Waals surface area (Å²) in [6.45, 7) is 3.84. The number of amides is 2. The zero-order chi connectivity index (χ0) is 17.0. The lowest BCUT2D eigenvalue weighted by molar-refractivity contribution is -0.384. The van der Waals surface area contributed by atoms with Gasteiger partial charge in [-0.2, -0.15) is 0 Å². The number of nitrogens with zero attached hydrogens (tertiary/aromatic N) is 1. The van der Waals surface area contributed by atoms with Gasteiger partial charge in [-0.25, -0.2) is 0 Å². The zero-order valence-corrected chi connectivity index (χ0v) is 12.6. The van der Waals surface area contributed by atoms with E-state index in [0.717, 1.165) is 11.1 Å². The maximum Gasteiger partial charge on any atom is 0.314 e. The summed E-state index contributed by atoms with van der Waals surface area (Å²) >= 11 is 0. The maximum atomic E-state index is 11.9. The van der Waals surface area contributed by atoms with Gasteiger partial charge >= 0.3 is 11.8 Å². The zero-order valence-electron chi connectivity index (χ0n) is 12.6. The number of hydrogen-bond donors (Lipinski definition) is 2. The standard InChI is InChI=1S/C16H15N3O4/c1-10-6-7-13(8-11(10)2)18-16(21)15(20)17-12-4-3-5-14(9-12)19(22)23/h3-9H,1-2H3,(H,17,20)(H,18,21). The van der Waals surface area contributed by atoms with Gasteiger partial charge < -0.3 is 10.6 Å². The van der Waals surface area contributed by atoms with E-state index in [1.165, 1.54) is 24.3 Å². The summed E-state index contributed by atoms with van der Waals surface area (Å²) in [7, 11) is 0. The van der Waals surface area contributed by atoms with E-state index >= 15 is 0 Å². The monoisotopic (exact) mass is 313 g/mol. The number of hydrogen-bond acceptors (Lipinski definition) is 4. The molecule has 0 heterocycles. The first kappa shape index (κ1) is 16.2. The first-order valence-electron chi connectivity index (χ1n) is 6.81. The predicted octanol–water partition coefficient (Wildman–Crippen LogP) is 2.79. The molecule has 7 nitrogen and oxygen atoms in total. The van der Waals surface area contributed by atoms with Crippen molar-refractivity contribution in [2.75, 3.05) is 10.6 Å². The number of aryl methyl sites for hydroxylation is 2. The van der Waals surface area contributed by atoms with Crippen molar-refractivity contribution in [3.8, 4) is 0 Å². The van der Waals surface area contributed by atoms with Crippen LogP contribution in [0.15, 0.2) is 42.5 Å². The molecule has 0 saturated carbocycles. The third kappa shape index (κ3) is 4.13. The van der Waals surface area contributed by atoms with Gasteiger partial charge in [0.05, 0.1) is 4.92 Å². The molecule has 23 heavy (non-hydrogen) atoms. The second-order valence-corrected chi connectivity index (χ2v) is 5.01. The molecule has 2 aromatic carbocycles. The summed E-state index contributed by atoms with van der Waals surface area (Å²) in [5.41, 5.74) is 2.58. The minimum Gasteiger partial charge on any atom is -0.318 e. The average molecular weight is 313 g/mol. The fourth-order valence-electron chi connectivity index (χ4n) is 1.89. The van der Waals surface area contributed by atoms with E-state index in [0.29, 0.717) is 5.69 Å². The molecular weight excluding hydrogens is 298 g/mol. The van der Waals surface area contributed by atoms with Crippen molar-refractivity contribution >= 4 is 28.9 Å². The van der Waals surface area contributed by atoms with E-state index in [1.54, 1.807) is 12.1 Å². The Labute approximate surface area is 132 Å². The third-order valence-electron chi connectivity index (χ3n) is 3.29. The van der Waals surface area contributed by atoms with Gasteiger partial charge in [0.15, 0.2) is 0 Å². The van der Waals surface area contributed by atoms with Gasteiger partial charge in [0.1, 0.15) is 0 Å². The SMILES string of the molecule is Cc1ccc(NC(=O)C(=O)Nc2cccc([N+](=O)[O-])c2)cc1C. The van der Waals surface area contributed by atoms with E-state index in [-0.39, 0.29) is 11.4 Å². The fourth-order valence-corrected chi connectivity index (χ4v) is 1.89. The second-order valence-electron chi connectivity index (χ2n) is 5.01. The molecular formula is C16H15N3O4. The molecule has 0 atom stereocenters. The Morgan fingerprint density at radius 3 is 2.09 bits per heavy atom. The average Bonchev–Trinajstić information content (AvgIpc) is 2.51. The summed E-state index contributed by atoms with van der Waals surface area (Å²) in [5.74, 6) is -1.75. The van der Waals surface area contributed by atoms with Crippen molar-refractivity contribution in [2.24, 2.45) is 0 Å². The number of carbonyl (C=O) groups excluding carboxylic acids is 2. The molecule has 0 aromatic heterocycles. The molecule has 0 radical (unpaired) electrons. The van der Waals surface area contributed by atoms with Crippen LogP contribution in [0.5, 0.6) is 0 Å². The van der Waals surface area contributed by atoms with E-state index in [1.807, 2.05) is 19.9 Å². The van der Waals surface area contributed by atoms with Crippen LogP contribution in [0.1, 0.15) is 11.1 Å². The summed E-state index contributed by atoms with van der Waals surface area (Å²) in [6.07, 6.45) is 0. The van der Waals surface area contributed by atoms with Gasteiger partial charge in [-0.15, -0.1) is 0 Å². The van der Waals surface area contributed by atoms with Crippen LogP contribution < -0.4 is 10.6 Å². The topological polar surface area (TPSA) is 101 Å². The molecule has 2 amide bonds. The molecule has 0 spiro atoms. The Bertz CT molecular complexity index is 787. The van der Waals surface area contributed by atoms with Gasteiger partial charge in [-0.05, 0) is 43.2 Å². The van der Waals surface area contributed by atoms with E-state index < -0.39 is 16.7 Å². The lowest BCUT2D eigenvalue weighted by Gasteiger charge is -2.08. The smallest absolute Gasteiger partial charge is 0.314 e. The summed E-state index contributed by atoms with van der Waals surface area (Å²) in [4.78, 5) is 33.8. The summed E-state index contributed by atoms with van der Waals surface area (Å²) < 4.78 is 0. The van der Waals surface area contributed by atoms with Crippen molar-refractivity contribution < 1.29 is 14.5 Å². The Morgan fingerprint density at radius 2 is 1.52 bits per heavy atom. The fraction of sp³-hybridized carbons (Fsp3) is 0.125. The largest absolute Gasteiger partial charge is 0.318 e. The highest BCUT2D eigenvalue weighted by Crippen LogP contribution is 2.17. The molecule has 2 N–H and O–H groups in total. The molecule has 0 bridgehead atoms. The van der Waals surface area contributed by atoms with Crippen molar-refractivity contribution in [2.45, 2.75) is 13.8 Å². The maximum absolute atomic E-state index is 11.9. The minimum absolute atomic E-state index is 0.169. The summed E-state index contributed by atoms with van der Waals surface area (Å²) in [5, 5.41) is 15.5. The Balaban J connectivity index is 2.05. The second kappa shape index (κ2) is 6.69. The van der Waals surface area contributed by atoms with Crippen LogP contribution in [0, 0.1) is 24.0 Å². The lowest BCUT2D eigenvalue weighted by atomic mass is 10.1. The third-order valence-corrected chi connectivity index (χ3v) is 3.29. The lowest BCUT2D eigenvalue weighted by Crippen LogP contribution is -2.29. The normalized spacial score (nSPS) is 10.0. The molecule has 118 valence electrons. The van der Waals surface area contributed by atoms with Gasteiger partial charge in [0.2, 0.25) is 0 Å². The Morgan fingerprint density at radius 1 is 0.913 bits per heavy atom. The van der Waals surface area contributed by atoms with Crippen molar-refractivity contribution in [3.05, 3.63) is 63.7 Å². The molecule has 0 saturated heterocycles. The van der Waals surface area contributed by atoms with Crippen molar-refractivity contribution in [3.63, 3.8) is 0 Å². The quantitative estimate of drug-likeness (QED) is 0.517. The van der Waals surface area contributed by atoms with Crippen LogP contribution in [0.3, 0.4) is 0 Å². The number of nitrogens with one attached hydrogen (secondary N) is 2. The Kier molecular flexibility index (Phi) is 4.70. The van der Waals surface area contributed by atoms with Crippen LogP contribution in [0.25, 0.3) is 0 Å². The van der Waals surface area contributed by atoms with Gasteiger partial charge in [0, 0.05) is 23.5 Å². The number of anilines is 2. The first-order chi connectivity index (χ1) is 10.9. The number of benzene rings is 2. The first-order valence-corrected chi connectivity index (χ1v) is 6.81. The van der Waals surface area contributed by atoms with Gasteiger partial charge in [-0.1, -0.05) is 12.1 Å². The molecule has 0 aliphatic rings. The highest BCUT2D eigenvalue weighted by atomic mass is 16.6. The van der Waals surface area contributed by atoms with Crippen LogP contribution >= 0.6 is 0 Å². The van der Waals surface area contributed by atoms with Gasteiger partial charge in [0.25, 0.3) is 5.69 Å². The molecule has 2 aromatic rings. The highest BCUT2D eigenvalue weighted by Gasteiger charge is 2.15. The molecule has 0 fully saturated rings. The van der Waals surface area contributed by atoms with E-state index in [9.17, 15) is 19.7 Å².